The average molecular weight is 777 g/mol. The van der Waals surface area contributed by atoms with Gasteiger partial charge in [0.15, 0.2) is 0 Å². The first-order valence-electron chi connectivity index (χ1n) is 20.1. The standard InChI is InChI=1S/C54H40N4O2/c1-2-14-40(33-34-59)55(44-26-23-38(24-27-44)39-25-30-49-47(35-39)48-37-46(60)29-32-50(48)56(49)41-15-6-3-7-16-41)45-28-31-53-54(36-45)58(43-19-10-5-11-20-43)52-22-13-12-21-51(52)57(53)42-17-8-4-9-18-42/h2-37,60H,1H3/b14-2-,40-33+. The van der Waals surface area contributed by atoms with E-state index in [9.17, 15) is 9.90 Å². The lowest BCUT2D eigenvalue weighted by Crippen LogP contribution is -2.24. The van der Waals surface area contributed by atoms with Gasteiger partial charge in [-0.05, 0) is 133 Å². The van der Waals surface area contributed by atoms with E-state index in [1.54, 1.807) is 12.1 Å². The lowest BCUT2D eigenvalue weighted by atomic mass is 10.0. The van der Waals surface area contributed by atoms with Crippen molar-refractivity contribution in [3.8, 4) is 22.6 Å². The van der Waals surface area contributed by atoms with Crippen molar-refractivity contribution in [3.05, 3.63) is 218 Å². The number of allylic oxidation sites excluding steroid dienone is 3. The van der Waals surface area contributed by atoms with Gasteiger partial charge < -0.3 is 24.4 Å². The molecule has 0 fully saturated rings. The van der Waals surface area contributed by atoms with Crippen LogP contribution in [0.4, 0.5) is 45.5 Å². The van der Waals surface area contributed by atoms with Gasteiger partial charge in [0.05, 0.1) is 33.8 Å². The number of para-hydroxylation sites is 5. The monoisotopic (exact) mass is 776 g/mol. The summed E-state index contributed by atoms with van der Waals surface area (Å²) >= 11 is 0. The molecule has 1 aromatic heterocycles. The van der Waals surface area contributed by atoms with Crippen LogP contribution in [0, 0.1) is 0 Å². The Hall–Kier alpha value is -8.09. The van der Waals surface area contributed by atoms with Crippen LogP contribution < -0.4 is 14.7 Å². The van der Waals surface area contributed by atoms with Gasteiger partial charge in [0.25, 0.3) is 0 Å². The summed E-state index contributed by atoms with van der Waals surface area (Å²) in [7, 11) is 0. The molecule has 6 heteroatoms. The molecule has 0 spiro atoms. The lowest BCUT2D eigenvalue weighted by molar-refractivity contribution is -0.104. The maximum atomic E-state index is 12.2. The molecule has 6 nitrogen and oxygen atoms in total. The van der Waals surface area contributed by atoms with E-state index < -0.39 is 0 Å². The summed E-state index contributed by atoms with van der Waals surface area (Å²) in [6.45, 7) is 1.96. The number of phenols is 1. The number of nitrogens with zero attached hydrogens (tertiary/aromatic N) is 4. The van der Waals surface area contributed by atoms with Crippen molar-refractivity contribution >= 4 is 73.6 Å². The molecule has 8 aromatic carbocycles. The Morgan fingerprint density at radius 1 is 0.500 bits per heavy atom. The molecule has 288 valence electrons. The minimum absolute atomic E-state index is 0.232. The topological polar surface area (TPSA) is 52.0 Å². The summed E-state index contributed by atoms with van der Waals surface area (Å²) in [5.74, 6) is 0.232. The number of hydrogen-bond acceptors (Lipinski definition) is 5. The number of aromatic nitrogens is 1. The highest BCUT2D eigenvalue weighted by molar-refractivity contribution is 6.11. The fourth-order valence-electron chi connectivity index (χ4n) is 8.57. The Balaban J connectivity index is 1.11. The van der Waals surface area contributed by atoms with Crippen molar-refractivity contribution in [1.29, 1.82) is 0 Å². The van der Waals surface area contributed by atoms with Crippen LogP contribution in [0.5, 0.6) is 5.75 Å². The molecule has 60 heavy (non-hydrogen) atoms. The lowest BCUT2D eigenvalue weighted by Gasteiger charge is -2.41. The van der Waals surface area contributed by atoms with Crippen molar-refractivity contribution in [3.63, 3.8) is 0 Å². The number of hydrogen-bond donors (Lipinski definition) is 1. The molecule has 10 rings (SSSR count). The zero-order valence-corrected chi connectivity index (χ0v) is 32.9. The molecule has 0 saturated carbocycles. The zero-order valence-electron chi connectivity index (χ0n) is 32.9. The summed E-state index contributed by atoms with van der Waals surface area (Å²) in [6.07, 6.45) is 6.38. The second-order valence-electron chi connectivity index (χ2n) is 14.7. The molecule has 1 aliphatic rings. The Morgan fingerprint density at radius 2 is 1.02 bits per heavy atom. The van der Waals surface area contributed by atoms with Crippen molar-refractivity contribution in [1.82, 2.24) is 4.57 Å². The fourth-order valence-corrected chi connectivity index (χ4v) is 8.57. The van der Waals surface area contributed by atoms with Crippen LogP contribution in [-0.4, -0.2) is 16.0 Å². The van der Waals surface area contributed by atoms with Gasteiger partial charge in [-0.1, -0.05) is 91.0 Å². The minimum atomic E-state index is 0.232. The molecular weight excluding hydrogens is 737 g/mol. The predicted molar refractivity (Wildman–Crippen MR) is 248 cm³/mol. The van der Waals surface area contributed by atoms with Gasteiger partial charge in [-0.25, -0.2) is 0 Å². The van der Waals surface area contributed by atoms with Crippen LogP contribution in [-0.2, 0) is 4.79 Å². The van der Waals surface area contributed by atoms with E-state index in [0.29, 0.717) is 0 Å². The summed E-state index contributed by atoms with van der Waals surface area (Å²) in [6, 6.07) is 66.8. The molecule has 2 heterocycles. The number of rotatable bonds is 9. The molecule has 0 aliphatic carbocycles. The largest absolute Gasteiger partial charge is 0.508 e. The molecule has 0 bridgehead atoms. The molecular formula is C54H40N4O2. The average Bonchev–Trinajstić information content (AvgIpc) is 3.62. The summed E-state index contributed by atoms with van der Waals surface area (Å²) in [4.78, 5) is 19.0. The first kappa shape index (κ1) is 36.3. The Kier molecular flexibility index (Phi) is 9.27. The third-order valence-corrected chi connectivity index (χ3v) is 11.1. The van der Waals surface area contributed by atoms with E-state index in [-0.39, 0.29) is 5.75 Å². The van der Waals surface area contributed by atoms with E-state index in [4.69, 9.17) is 0 Å². The van der Waals surface area contributed by atoms with Gasteiger partial charge in [0.1, 0.15) is 12.0 Å². The quantitative estimate of drug-likeness (QED) is 0.0899. The summed E-state index contributed by atoms with van der Waals surface area (Å²) in [5.41, 5.74) is 14.1. The van der Waals surface area contributed by atoms with E-state index in [0.717, 1.165) is 96.1 Å². The smallest absolute Gasteiger partial charge is 0.144 e. The maximum Gasteiger partial charge on any atom is 0.144 e. The predicted octanol–water partition coefficient (Wildman–Crippen LogP) is 14.2. The number of benzene rings is 8. The van der Waals surface area contributed by atoms with Gasteiger partial charge in [-0.2, -0.15) is 0 Å². The van der Waals surface area contributed by atoms with Crippen LogP contribution >= 0.6 is 0 Å². The number of fused-ring (bicyclic) bond motifs is 5. The number of carbonyl (C=O) groups excluding carboxylic acids is 1. The first-order chi connectivity index (χ1) is 29.6. The Bertz CT molecular complexity index is 3080. The third kappa shape index (κ3) is 6.28. The molecule has 1 aliphatic heterocycles. The molecule has 1 N–H and O–H groups in total. The van der Waals surface area contributed by atoms with Crippen LogP contribution in [0.3, 0.4) is 0 Å². The zero-order chi connectivity index (χ0) is 40.6. The summed E-state index contributed by atoms with van der Waals surface area (Å²) in [5, 5.41) is 12.6. The second-order valence-corrected chi connectivity index (χ2v) is 14.7. The first-order valence-corrected chi connectivity index (χ1v) is 20.1. The van der Waals surface area contributed by atoms with Crippen molar-refractivity contribution in [2.75, 3.05) is 14.7 Å². The van der Waals surface area contributed by atoms with Crippen molar-refractivity contribution in [2.24, 2.45) is 0 Å². The van der Waals surface area contributed by atoms with Gasteiger partial charge in [0.2, 0.25) is 0 Å². The van der Waals surface area contributed by atoms with Gasteiger partial charge >= 0.3 is 0 Å². The van der Waals surface area contributed by atoms with E-state index in [2.05, 4.69) is 165 Å². The van der Waals surface area contributed by atoms with E-state index in [1.165, 1.54) is 0 Å². The molecule has 0 radical (unpaired) electrons. The van der Waals surface area contributed by atoms with Crippen LogP contribution in [0.25, 0.3) is 38.6 Å². The number of carbonyl (C=O) groups is 1. The van der Waals surface area contributed by atoms with E-state index >= 15 is 0 Å². The summed E-state index contributed by atoms with van der Waals surface area (Å²) < 4.78 is 2.24. The number of anilines is 8. The molecule has 0 atom stereocenters. The van der Waals surface area contributed by atoms with Gasteiger partial charge in [-0.3, -0.25) is 4.79 Å². The highest BCUT2D eigenvalue weighted by Gasteiger charge is 2.31. The highest BCUT2D eigenvalue weighted by Crippen LogP contribution is 2.55. The minimum Gasteiger partial charge on any atom is -0.508 e. The molecule has 0 saturated heterocycles. The van der Waals surface area contributed by atoms with Crippen molar-refractivity contribution < 1.29 is 9.90 Å². The third-order valence-electron chi connectivity index (χ3n) is 11.1. The number of phenolic OH excluding ortho intramolecular Hbond substituents is 1. The molecule has 0 unspecified atom stereocenters. The SMILES string of the molecule is C/C=C\C(=C/C=O)N(c1ccc(-c2ccc3c(c2)c2cc(O)ccc2n3-c2ccccc2)cc1)c1ccc2c(c1)N(c1ccccc1)c1ccccc1N2c1ccccc1. The van der Waals surface area contributed by atoms with Crippen LogP contribution in [0.15, 0.2) is 218 Å². The van der Waals surface area contributed by atoms with Gasteiger partial charge in [0, 0.05) is 51.0 Å². The second kappa shape index (κ2) is 15.3. The van der Waals surface area contributed by atoms with Crippen LogP contribution in [0.1, 0.15) is 6.92 Å². The fraction of sp³-hybridized carbons (Fsp3) is 0.0185. The number of aromatic hydroxyl groups is 1. The maximum absolute atomic E-state index is 12.2. The highest BCUT2D eigenvalue weighted by atomic mass is 16.3. The number of aldehydes is 1. The molecule has 0 amide bonds. The molecule has 9 aromatic rings. The Labute approximate surface area is 349 Å². The van der Waals surface area contributed by atoms with Gasteiger partial charge in [-0.15, -0.1) is 0 Å². The van der Waals surface area contributed by atoms with Crippen molar-refractivity contribution in [2.45, 2.75) is 6.92 Å². The normalized spacial score (nSPS) is 12.5. The Morgan fingerprint density at radius 3 is 1.63 bits per heavy atom. The van der Waals surface area contributed by atoms with Crippen LogP contribution in [0.2, 0.25) is 0 Å². The van der Waals surface area contributed by atoms with E-state index in [1.807, 2.05) is 61.5 Å².